The molecule has 15 amide bonds. The van der Waals surface area contributed by atoms with Crippen molar-refractivity contribution in [2.75, 3.05) is 25.4 Å². The van der Waals surface area contributed by atoms with Gasteiger partial charge in [-0.15, -0.1) is 0 Å². The van der Waals surface area contributed by atoms with Crippen LogP contribution in [0.25, 0.3) is 0 Å². The smallest absolute Gasteiger partial charge is 0.252 e. The number of phenols is 2. The number of phenolic OH excluding ortho intramolecular Hbond substituents is 2. The molecule has 0 radical (unpaired) electrons. The third-order valence-electron chi connectivity index (χ3n) is 18.9. The third kappa shape index (κ3) is 37.8. The molecule has 680 valence electrons. The molecule has 0 saturated heterocycles. The maximum atomic E-state index is 14.9. The van der Waals surface area contributed by atoms with Gasteiger partial charge in [-0.2, -0.15) is 0 Å². The van der Waals surface area contributed by atoms with Crippen molar-refractivity contribution in [3.05, 3.63) is 108 Å². The van der Waals surface area contributed by atoms with Crippen molar-refractivity contribution in [2.24, 2.45) is 84.3 Å². The van der Waals surface area contributed by atoms with Crippen molar-refractivity contribution in [3.63, 3.8) is 0 Å². The first-order valence-corrected chi connectivity index (χ1v) is 40.1. The van der Waals surface area contributed by atoms with Crippen LogP contribution in [0.1, 0.15) is 146 Å². The van der Waals surface area contributed by atoms with Gasteiger partial charge in [-0.25, -0.2) is 4.98 Å². The molecule has 4 rings (SSSR count). The van der Waals surface area contributed by atoms with E-state index in [1.165, 1.54) is 93.1 Å². The molecule has 1 heterocycles. The summed E-state index contributed by atoms with van der Waals surface area (Å²) in [6.45, 7) is 10.7. The van der Waals surface area contributed by atoms with Crippen LogP contribution in [0.5, 0.6) is 11.5 Å². The summed E-state index contributed by atoms with van der Waals surface area (Å²) >= 11 is 0. The number of hydrogen-bond donors (Lipinski definition) is 26. The molecule has 0 aliphatic carbocycles. The van der Waals surface area contributed by atoms with E-state index in [0.29, 0.717) is 16.8 Å². The number of nitrogens with zero attached hydrogens (tertiary/aromatic N) is 4. The predicted octanol–water partition coefficient (Wildman–Crippen LogP) is -6.52. The summed E-state index contributed by atoms with van der Waals surface area (Å²) in [5.41, 5.74) is 57.6. The Balaban J connectivity index is 1.62. The van der Waals surface area contributed by atoms with E-state index in [1.807, 2.05) is 0 Å². The normalized spacial score (nSPS) is 14.2. The number of nitrogens with one attached hydrogen (secondary N) is 13. The van der Waals surface area contributed by atoms with E-state index in [1.54, 1.807) is 33.8 Å². The molecule has 0 aliphatic heterocycles. The molecule has 13 atom stereocenters. The number of amides is 15. The molecule has 3 aromatic carbocycles. The summed E-state index contributed by atoms with van der Waals surface area (Å²) in [5.74, 6) is -17.8. The SMILES string of the molecule is CC(C)C[C@H](NC(=O)[C@H](Cc1ccc(O)cc1)NC(=O)[C@H](Cc1cnc[nH]1)NC(=O)[C@H](CCCN=C(N)N)NC(=O)c1cccc(N)c1)C(=O)N[C@@H](CC(N)=O)C(=O)N[C@@H](CC(C)C)C(=O)N[C@H](C(=O)N[C@H](C(=O)N[C@@H](CCCN=C(N)N)C(=O)N[C@@H](CCC(N)=O)C(=O)N[C@@H](CCCN=C(N)N)C(=O)N[C@@H](Cc1ccc(O)cc1)C(N)=O)[C@@H](C)O)C(C)C. The summed E-state index contributed by atoms with van der Waals surface area (Å²) in [5, 5.41) is 61.8. The molecule has 0 bridgehead atoms. The van der Waals surface area contributed by atoms with Gasteiger partial charge in [0.15, 0.2) is 17.9 Å². The number of benzene rings is 3. The number of imidazole rings is 1. The second-order valence-corrected chi connectivity index (χ2v) is 30.9. The third-order valence-corrected chi connectivity index (χ3v) is 18.9. The van der Waals surface area contributed by atoms with Crippen LogP contribution in [0.2, 0.25) is 0 Å². The summed E-state index contributed by atoms with van der Waals surface area (Å²) in [4.78, 5) is 230. The predicted molar refractivity (Wildman–Crippen MR) is 456 cm³/mol. The Bertz CT molecular complexity index is 4360. The summed E-state index contributed by atoms with van der Waals surface area (Å²) in [7, 11) is 0. The summed E-state index contributed by atoms with van der Waals surface area (Å²) in [6.07, 6.45) is -2.38. The number of rotatable bonds is 54. The number of carbonyl (C=O) groups is 15. The van der Waals surface area contributed by atoms with E-state index in [-0.39, 0.29) is 131 Å². The number of aliphatic hydroxyl groups excluding tert-OH is 1. The Labute approximate surface area is 716 Å². The number of anilines is 1. The second kappa shape index (κ2) is 51.6. The van der Waals surface area contributed by atoms with E-state index in [2.05, 4.69) is 88.7 Å². The summed E-state index contributed by atoms with van der Waals surface area (Å²) < 4.78 is 0. The maximum Gasteiger partial charge on any atom is 0.252 e. The Morgan fingerprint density at radius 3 is 1.17 bits per heavy atom. The molecule has 45 nitrogen and oxygen atoms in total. The molecular weight excluding hydrogens is 1620 g/mol. The number of aromatic amines is 1. The lowest BCUT2D eigenvalue weighted by Crippen LogP contribution is -2.63. The second-order valence-electron chi connectivity index (χ2n) is 30.9. The topological polar surface area (TPSA) is 787 Å². The first-order valence-electron chi connectivity index (χ1n) is 40.1. The van der Waals surface area contributed by atoms with Gasteiger partial charge in [-0.1, -0.05) is 71.9 Å². The fourth-order valence-corrected chi connectivity index (χ4v) is 12.5. The highest BCUT2D eigenvalue weighted by Gasteiger charge is 2.40. The zero-order valence-corrected chi connectivity index (χ0v) is 70.4. The number of carbonyl (C=O) groups excluding carboxylic acids is 15. The van der Waals surface area contributed by atoms with E-state index < -0.39 is 204 Å². The van der Waals surface area contributed by atoms with Crippen LogP contribution in [0, 0.1) is 17.8 Å². The highest BCUT2D eigenvalue weighted by molar-refractivity contribution is 6.02. The van der Waals surface area contributed by atoms with Crippen LogP contribution in [0.3, 0.4) is 0 Å². The molecule has 0 unspecified atom stereocenters. The van der Waals surface area contributed by atoms with Gasteiger partial charge in [0.05, 0.1) is 18.9 Å². The average Bonchev–Trinajstić information content (AvgIpc) is 0.879. The van der Waals surface area contributed by atoms with Crippen LogP contribution >= 0.6 is 0 Å². The zero-order chi connectivity index (χ0) is 92.6. The molecule has 124 heavy (non-hydrogen) atoms. The van der Waals surface area contributed by atoms with Crippen molar-refractivity contribution in [2.45, 2.75) is 217 Å². The number of aromatic hydroxyl groups is 2. The molecule has 45 heteroatoms. The molecular formula is C79H121N27O18. The molecule has 4 aromatic rings. The number of aliphatic hydroxyl groups is 1. The fraction of sp³-hybridized carbons (Fsp3) is 0.506. The Morgan fingerprint density at radius 2 is 0.766 bits per heavy atom. The summed E-state index contributed by atoms with van der Waals surface area (Å²) in [6, 6.07) is -2.01. The highest BCUT2D eigenvalue weighted by atomic mass is 16.3. The van der Waals surface area contributed by atoms with Crippen LogP contribution in [0.15, 0.2) is 100 Å². The lowest BCUT2D eigenvalue weighted by Gasteiger charge is -2.30. The zero-order valence-electron chi connectivity index (χ0n) is 70.4. The molecule has 0 saturated carbocycles. The van der Waals surface area contributed by atoms with Gasteiger partial charge in [0.1, 0.15) is 84.0 Å². The highest BCUT2D eigenvalue weighted by Crippen LogP contribution is 2.19. The van der Waals surface area contributed by atoms with E-state index >= 15 is 0 Å². The number of aromatic nitrogens is 2. The van der Waals surface area contributed by atoms with Gasteiger partial charge in [0.2, 0.25) is 82.7 Å². The van der Waals surface area contributed by atoms with Crippen LogP contribution in [-0.2, 0) is 86.4 Å². The minimum atomic E-state index is -1.93. The van der Waals surface area contributed by atoms with Crippen LogP contribution in [0.4, 0.5) is 5.69 Å². The first kappa shape index (κ1) is 102. The van der Waals surface area contributed by atoms with Crippen molar-refractivity contribution in [3.8, 4) is 11.5 Å². The number of aliphatic imine (C=N–C) groups is 3. The minimum Gasteiger partial charge on any atom is -0.508 e. The maximum absolute atomic E-state index is 14.9. The van der Waals surface area contributed by atoms with Crippen molar-refractivity contribution < 1.29 is 87.2 Å². The average molecular weight is 1740 g/mol. The molecule has 1 aromatic heterocycles. The Kier molecular flexibility index (Phi) is 42.7. The van der Waals surface area contributed by atoms with Crippen LogP contribution in [-0.4, -0.2) is 230 Å². The minimum absolute atomic E-state index is 0.0427. The van der Waals surface area contributed by atoms with Crippen molar-refractivity contribution in [1.29, 1.82) is 0 Å². The van der Waals surface area contributed by atoms with Gasteiger partial charge in [0, 0.05) is 68.5 Å². The van der Waals surface area contributed by atoms with Crippen LogP contribution < -0.4 is 121 Å². The van der Waals surface area contributed by atoms with Gasteiger partial charge >= 0.3 is 0 Å². The van der Waals surface area contributed by atoms with E-state index in [9.17, 15) is 87.2 Å². The largest absolute Gasteiger partial charge is 0.508 e. The number of H-pyrrole nitrogens is 1. The standard InChI is InChI=1S/C79H121N27O18/c1-39(2)30-55(100-71(119)57(33-44-19-23-49(109)24-20-44)102-72(120)58(35-47-37-90-38-94-47)103-68(116)50(14-9-27-91-77(84)85)95-65(113)45-12-8-13-46(80)34-45)70(118)104-59(36-61(82)111)73(121)101-56(31-40(3)4)74(122)105-62(41(5)6)75(123)106-63(42(7)107)76(124)98-52(16-11-29-93-79(88)89)66(114)97-53(25-26-60(81)110)69(117)96-51(15-10-28-92-78(86)87)67(115)99-54(64(83)112)32-43-17-21-48(108)22-18-43/h8,12-13,17-24,34,37-42,50-59,62-63,107-109H,9-11,14-16,25-33,35-36,80H2,1-7H3,(H2,81,110)(H2,82,111)(H2,83,112)(H,90,94)(H,95,113)(H,96,117)(H,97,114)(H,98,124)(H,99,115)(H,100,119)(H,101,121)(H,102,120)(H,103,116)(H,104,118)(H,105,122)(H,106,123)(H4,84,85,91)(H4,86,87,92)(H4,88,89,93)/t42-,50+,51+,52+,53+,54+,55+,56+,57+,58+,59+,62+,63+/m1/s1. The van der Waals surface area contributed by atoms with Crippen molar-refractivity contribution >= 4 is 112 Å². The van der Waals surface area contributed by atoms with Gasteiger partial charge in [-0.3, -0.25) is 86.9 Å². The number of nitrogens with two attached hydrogens (primary N) is 10. The van der Waals surface area contributed by atoms with Gasteiger partial charge < -0.3 is 141 Å². The lowest BCUT2D eigenvalue weighted by atomic mass is 9.98. The monoisotopic (exact) mass is 1740 g/mol. The molecule has 0 aliphatic rings. The van der Waals surface area contributed by atoms with E-state index in [0.717, 1.165) is 6.92 Å². The molecule has 36 N–H and O–H groups in total. The molecule has 0 fully saturated rings. The number of primary amides is 3. The van der Waals surface area contributed by atoms with E-state index in [4.69, 9.17) is 57.3 Å². The first-order chi connectivity index (χ1) is 58.4. The quantitative estimate of drug-likeness (QED) is 0.00846. The molecule has 0 spiro atoms. The van der Waals surface area contributed by atoms with Crippen molar-refractivity contribution in [1.82, 2.24) is 73.8 Å². The number of guanidine groups is 3. The lowest BCUT2D eigenvalue weighted by molar-refractivity contribution is -0.138. The van der Waals surface area contributed by atoms with Gasteiger partial charge in [-0.05, 0) is 136 Å². The number of nitrogen functional groups attached to an aromatic ring is 1. The van der Waals surface area contributed by atoms with Gasteiger partial charge in [0.25, 0.3) is 5.91 Å². The fourth-order valence-electron chi connectivity index (χ4n) is 12.5. The Morgan fingerprint density at radius 1 is 0.403 bits per heavy atom. The number of hydrogen-bond acceptors (Lipinski definition) is 23. The Hall–Kier alpha value is -13.9.